The Morgan fingerprint density at radius 3 is 2.95 bits per heavy atom. The fraction of sp³-hybridized carbons (Fsp3) is 0.167. The molecule has 118 valence electrons. The van der Waals surface area contributed by atoms with Crippen molar-refractivity contribution in [2.75, 3.05) is 17.6 Å². The minimum absolute atomic E-state index is 0.0414. The zero-order valence-corrected chi connectivity index (χ0v) is 13.9. The summed E-state index contributed by atoms with van der Waals surface area (Å²) in [6.45, 7) is 3.58. The summed E-state index contributed by atoms with van der Waals surface area (Å²) in [5, 5.41) is 7.68. The van der Waals surface area contributed by atoms with Gasteiger partial charge in [-0.2, -0.15) is 0 Å². The molecule has 6 nitrogen and oxygen atoms in total. The van der Waals surface area contributed by atoms with Gasteiger partial charge >= 0.3 is 0 Å². The monoisotopic (exact) mass is 361 g/mol. The van der Waals surface area contributed by atoms with Gasteiger partial charge in [0, 0.05) is 5.75 Å². The van der Waals surface area contributed by atoms with E-state index in [0.717, 1.165) is 23.5 Å². The predicted octanol–water partition coefficient (Wildman–Crippen LogP) is 2.76. The number of anilines is 1. The van der Waals surface area contributed by atoms with Crippen molar-refractivity contribution in [1.29, 1.82) is 0 Å². The number of methoxy groups -OCH3 is 1. The van der Waals surface area contributed by atoms with Crippen LogP contribution < -0.4 is 9.46 Å². The Bertz CT molecular complexity index is 777. The molecule has 0 radical (unpaired) electrons. The lowest BCUT2D eigenvalue weighted by Crippen LogP contribution is -2.14. The van der Waals surface area contributed by atoms with Crippen LogP contribution in [-0.4, -0.2) is 31.5 Å². The van der Waals surface area contributed by atoms with Crippen molar-refractivity contribution in [3.05, 3.63) is 36.7 Å². The Morgan fingerprint density at radius 2 is 2.27 bits per heavy atom. The van der Waals surface area contributed by atoms with E-state index in [1.165, 1.54) is 24.9 Å². The van der Waals surface area contributed by atoms with Crippen molar-refractivity contribution in [3.8, 4) is 5.75 Å². The van der Waals surface area contributed by atoms with Crippen LogP contribution in [0.5, 0.6) is 5.75 Å². The second-order valence-electron chi connectivity index (χ2n) is 3.87. The third kappa shape index (κ3) is 3.96. The molecule has 0 amide bonds. The highest BCUT2D eigenvalue weighted by atomic mass is 32.2. The SMILES string of the molecule is C=CCSc1nnc(NS(=O)(=O)c2cc(F)ccc2OC)s1. The van der Waals surface area contributed by atoms with Gasteiger partial charge in [-0.1, -0.05) is 29.2 Å². The Morgan fingerprint density at radius 1 is 1.50 bits per heavy atom. The quantitative estimate of drug-likeness (QED) is 0.603. The maximum Gasteiger partial charge on any atom is 0.267 e. The van der Waals surface area contributed by atoms with Crippen molar-refractivity contribution in [2.45, 2.75) is 9.24 Å². The number of benzene rings is 1. The summed E-state index contributed by atoms with van der Waals surface area (Å²) in [5.74, 6) is -0.000578. The second-order valence-corrected chi connectivity index (χ2v) is 7.77. The van der Waals surface area contributed by atoms with Gasteiger partial charge in [-0.25, -0.2) is 12.8 Å². The van der Waals surface area contributed by atoms with Gasteiger partial charge in [-0.05, 0) is 18.2 Å². The average Bonchev–Trinajstić information content (AvgIpc) is 2.91. The number of thioether (sulfide) groups is 1. The summed E-state index contributed by atoms with van der Waals surface area (Å²) < 4.78 is 45.8. The van der Waals surface area contributed by atoms with Crippen LogP contribution in [0, 0.1) is 5.82 Å². The standard InChI is InChI=1S/C12H12FN3O3S3/c1-3-6-20-12-15-14-11(21-12)16-22(17,18)10-7-8(13)4-5-9(10)19-2/h3-5,7H,1,6H2,2H3,(H,14,16). The smallest absolute Gasteiger partial charge is 0.267 e. The van der Waals surface area contributed by atoms with Crippen LogP contribution in [0.1, 0.15) is 0 Å². The van der Waals surface area contributed by atoms with Crippen LogP contribution in [0.25, 0.3) is 0 Å². The maximum absolute atomic E-state index is 13.3. The summed E-state index contributed by atoms with van der Waals surface area (Å²) in [7, 11) is -2.72. The third-order valence-electron chi connectivity index (χ3n) is 2.37. The van der Waals surface area contributed by atoms with Gasteiger partial charge in [-0.3, -0.25) is 4.72 Å². The number of nitrogens with zero attached hydrogens (tertiary/aromatic N) is 2. The van der Waals surface area contributed by atoms with Crippen molar-refractivity contribution in [1.82, 2.24) is 10.2 Å². The molecule has 1 heterocycles. The molecule has 0 atom stereocenters. The van der Waals surface area contributed by atoms with Crippen LogP contribution in [0.15, 0.2) is 40.1 Å². The van der Waals surface area contributed by atoms with Gasteiger partial charge in [0.1, 0.15) is 16.5 Å². The molecule has 0 aliphatic heterocycles. The van der Waals surface area contributed by atoms with E-state index in [0.29, 0.717) is 10.1 Å². The van der Waals surface area contributed by atoms with E-state index < -0.39 is 15.8 Å². The molecular weight excluding hydrogens is 349 g/mol. The van der Waals surface area contributed by atoms with Gasteiger partial charge < -0.3 is 4.74 Å². The average molecular weight is 361 g/mol. The number of hydrogen-bond donors (Lipinski definition) is 1. The van der Waals surface area contributed by atoms with Crippen LogP contribution >= 0.6 is 23.1 Å². The molecule has 22 heavy (non-hydrogen) atoms. The number of hydrogen-bond acceptors (Lipinski definition) is 7. The molecule has 2 aromatic rings. The first-order valence-electron chi connectivity index (χ1n) is 5.90. The summed E-state index contributed by atoms with van der Waals surface area (Å²) in [6, 6.07) is 3.25. The number of ether oxygens (including phenoxy) is 1. The molecule has 1 N–H and O–H groups in total. The first-order chi connectivity index (χ1) is 10.5. The molecule has 1 aromatic carbocycles. The molecule has 10 heteroatoms. The molecule has 0 saturated carbocycles. The summed E-state index contributed by atoms with van der Waals surface area (Å²) in [4.78, 5) is -0.300. The Labute approximate surface area is 135 Å². The first kappa shape index (κ1) is 16.7. The maximum atomic E-state index is 13.3. The molecule has 0 bridgehead atoms. The number of halogens is 1. The van der Waals surface area contributed by atoms with Gasteiger partial charge in [0.2, 0.25) is 5.13 Å². The third-order valence-corrected chi connectivity index (χ3v) is 5.83. The van der Waals surface area contributed by atoms with Gasteiger partial charge in [0.05, 0.1) is 7.11 Å². The van der Waals surface area contributed by atoms with Crippen LogP contribution in [-0.2, 0) is 10.0 Å². The van der Waals surface area contributed by atoms with E-state index in [1.54, 1.807) is 6.08 Å². The zero-order chi connectivity index (χ0) is 16.2. The van der Waals surface area contributed by atoms with Crippen molar-refractivity contribution in [2.24, 2.45) is 0 Å². The van der Waals surface area contributed by atoms with Crippen molar-refractivity contribution < 1.29 is 17.5 Å². The van der Waals surface area contributed by atoms with Gasteiger partial charge in [0.15, 0.2) is 4.34 Å². The minimum atomic E-state index is -4.02. The van der Waals surface area contributed by atoms with Crippen molar-refractivity contribution in [3.63, 3.8) is 0 Å². The zero-order valence-electron chi connectivity index (χ0n) is 11.4. The molecule has 0 unspecified atom stereocenters. The van der Waals surface area contributed by atoms with Gasteiger partial charge in [0.25, 0.3) is 10.0 Å². The number of nitrogens with one attached hydrogen (secondary N) is 1. The minimum Gasteiger partial charge on any atom is -0.495 e. The van der Waals surface area contributed by atoms with E-state index in [-0.39, 0.29) is 15.8 Å². The lowest BCUT2D eigenvalue weighted by Gasteiger charge is -2.09. The lowest BCUT2D eigenvalue weighted by molar-refractivity contribution is 0.401. The fourth-order valence-electron chi connectivity index (χ4n) is 1.47. The van der Waals surface area contributed by atoms with Crippen LogP contribution in [0.3, 0.4) is 0 Å². The van der Waals surface area contributed by atoms with E-state index in [9.17, 15) is 12.8 Å². The summed E-state index contributed by atoms with van der Waals surface area (Å²) in [5.41, 5.74) is 0. The fourth-order valence-corrected chi connectivity index (χ4v) is 4.39. The van der Waals surface area contributed by atoms with E-state index in [2.05, 4.69) is 21.5 Å². The van der Waals surface area contributed by atoms with Crippen molar-refractivity contribution >= 4 is 38.3 Å². The Balaban J connectivity index is 2.26. The number of rotatable bonds is 7. The number of sulfonamides is 1. The molecule has 0 aliphatic carbocycles. The first-order valence-corrected chi connectivity index (χ1v) is 9.18. The van der Waals surface area contributed by atoms with Crippen LogP contribution in [0.4, 0.5) is 9.52 Å². The van der Waals surface area contributed by atoms with E-state index in [4.69, 9.17) is 4.74 Å². The molecule has 0 aliphatic rings. The number of aromatic nitrogens is 2. The molecule has 0 spiro atoms. The summed E-state index contributed by atoms with van der Waals surface area (Å²) in [6.07, 6.45) is 1.70. The molecule has 0 fully saturated rings. The summed E-state index contributed by atoms with van der Waals surface area (Å²) >= 11 is 2.46. The lowest BCUT2D eigenvalue weighted by atomic mass is 10.3. The molecule has 0 saturated heterocycles. The second kappa shape index (κ2) is 7.07. The van der Waals surface area contributed by atoms with Crippen LogP contribution in [0.2, 0.25) is 0 Å². The van der Waals surface area contributed by atoms with E-state index in [1.807, 2.05) is 0 Å². The Kier molecular flexibility index (Phi) is 5.37. The predicted molar refractivity (Wildman–Crippen MR) is 84.6 cm³/mol. The normalized spacial score (nSPS) is 11.2. The molecule has 2 rings (SSSR count). The largest absolute Gasteiger partial charge is 0.495 e. The molecular formula is C12H12FN3O3S3. The molecule has 1 aromatic heterocycles. The highest BCUT2D eigenvalue weighted by Gasteiger charge is 2.22. The van der Waals surface area contributed by atoms with Gasteiger partial charge in [-0.15, -0.1) is 16.8 Å². The topological polar surface area (TPSA) is 81.2 Å². The Hall–Kier alpha value is -1.65. The highest BCUT2D eigenvalue weighted by Crippen LogP contribution is 2.30. The van der Waals surface area contributed by atoms with E-state index >= 15 is 0 Å². The highest BCUT2D eigenvalue weighted by molar-refractivity contribution is 8.01.